The standard InChI is InChI=1S/C17H24N2O5/c1-12(17(22)24-4)11-19(10-9-18-13(2)20)16(21)14-7-5-6-8-15(14)23-3/h5-8,12H,9-11H2,1-4H3,(H,18,20). The number of ether oxygens (including phenoxy) is 2. The molecule has 132 valence electrons. The molecule has 0 radical (unpaired) electrons. The number of carbonyl (C=O) groups is 3. The molecule has 24 heavy (non-hydrogen) atoms. The highest BCUT2D eigenvalue weighted by molar-refractivity contribution is 5.97. The molecule has 1 rings (SSSR count). The van der Waals surface area contributed by atoms with Gasteiger partial charge in [0, 0.05) is 26.6 Å². The SMILES string of the molecule is COC(=O)C(C)CN(CCNC(C)=O)C(=O)c1ccccc1OC. The average Bonchev–Trinajstić information content (AvgIpc) is 2.58. The maximum atomic E-state index is 12.8. The zero-order chi connectivity index (χ0) is 18.1. The number of rotatable bonds is 8. The van der Waals surface area contributed by atoms with Crippen LogP contribution in [0.1, 0.15) is 24.2 Å². The average molecular weight is 336 g/mol. The Morgan fingerprint density at radius 2 is 1.88 bits per heavy atom. The van der Waals surface area contributed by atoms with Crippen molar-refractivity contribution in [3.05, 3.63) is 29.8 Å². The topological polar surface area (TPSA) is 84.9 Å². The first-order chi connectivity index (χ1) is 11.4. The molecule has 0 spiro atoms. The molecule has 7 nitrogen and oxygen atoms in total. The molecule has 0 heterocycles. The summed E-state index contributed by atoms with van der Waals surface area (Å²) in [7, 11) is 2.80. The normalized spacial score (nSPS) is 11.3. The molecule has 1 N–H and O–H groups in total. The fourth-order valence-corrected chi connectivity index (χ4v) is 2.24. The molecular formula is C17H24N2O5. The van der Waals surface area contributed by atoms with Gasteiger partial charge in [-0.15, -0.1) is 0 Å². The number of hydrogen-bond acceptors (Lipinski definition) is 5. The minimum Gasteiger partial charge on any atom is -0.496 e. The second-order valence-corrected chi connectivity index (χ2v) is 5.36. The van der Waals surface area contributed by atoms with Crippen molar-refractivity contribution in [2.75, 3.05) is 33.9 Å². The molecule has 0 aromatic heterocycles. The summed E-state index contributed by atoms with van der Waals surface area (Å²) in [4.78, 5) is 37.0. The van der Waals surface area contributed by atoms with Gasteiger partial charge in [0.25, 0.3) is 5.91 Å². The van der Waals surface area contributed by atoms with Crippen LogP contribution in [0.5, 0.6) is 5.75 Å². The van der Waals surface area contributed by atoms with Gasteiger partial charge in [0.05, 0.1) is 25.7 Å². The Morgan fingerprint density at radius 3 is 2.46 bits per heavy atom. The minimum absolute atomic E-state index is 0.180. The van der Waals surface area contributed by atoms with E-state index in [9.17, 15) is 14.4 Å². The Morgan fingerprint density at radius 1 is 1.21 bits per heavy atom. The van der Waals surface area contributed by atoms with Gasteiger partial charge in [-0.1, -0.05) is 19.1 Å². The van der Waals surface area contributed by atoms with Gasteiger partial charge < -0.3 is 19.7 Å². The Bertz CT molecular complexity index is 588. The minimum atomic E-state index is -0.481. The van der Waals surface area contributed by atoms with E-state index in [2.05, 4.69) is 5.32 Å². The van der Waals surface area contributed by atoms with Crippen molar-refractivity contribution >= 4 is 17.8 Å². The lowest BCUT2D eigenvalue weighted by atomic mass is 10.1. The summed E-state index contributed by atoms with van der Waals surface area (Å²) in [5, 5.41) is 2.65. The van der Waals surface area contributed by atoms with Crippen LogP contribution in [-0.4, -0.2) is 56.5 Å². The number of nitrogens with one attached hydrogen (secondary N) is 1. The van der Waals surface area contributed by atoms with E-state index in [1.807, 2.05) is 0 Å². The summed E-state index contributed by atoms with van der Waals surface area (Å²) >= 11 is 0. The van der Waals surface area contributed by atoms with Gasteiger partial charge in [0.15, 0.2) is 0 Å². The smallest absolute Gasteiger partial charge is 0.310 e. The van der Waals surface area contributed by atoms with Crippen LogP contribution in [0.4, 0.5) is 0 Å². The van der Waals surface area contributed by atoms with Gasteiger partial charge in [-0.2, -0.15) is 0 Å². The monoisotopic (exact) mass is 336 g/mol. The molecule has 0 saturated heterocycles. The molecule has 2 amide bonds. The van der Waals surface area contributed by atoms with E-state index in [0.29, 0.717) is 17.9 Å². The lowest BCUT2D eigenvalue weighted by molar-refractivity contribution is -0.145. The molecule has 0 aliphatic rings. The largest absolute Gasteiger partial charge is 0.496 e. The van der Waals surface area contributed by atoms with E-state index in [4.69, 9.17) is 9.47 Å². The third kappa shape index (κ3) is 5.57. The Balaban J connectivity index is 2.95. The summed E-state index contributed by atoms with van der Waals surface area (Å²) in [5.41, 5.74) is 0.403. The maximum Gasteiger partial charge on any atom is 0.310 e. The molecular weight excluding hydrogens is 312 g/mol. The van der Waals surface area contributed by atoms with Gasteiger partial charge in [-0.05, 0) is 12.1 Å². The molecule has 1 atom stereocenters. The first-order valence-electron chi connectivity index (χ1n) is 7.65. The van der Waals surface area contributed by atoms with Crippen molar-refractivity contribution in [3.63, 3.8) is 0 Å². The molecule has 0 fully saturated rings. The van der Waals surface area contributed by atoms with Gasteiger partial charge in [-0.3, -0.25) is 14.4 Å². The first kappa shape index (κ1) is 19.5. The number of hydrogen-bond donors (Lipinski definition) is 1. The summed E-state index contributed by atoms with van der Waals surface area (Å²) in [6, 6.07) is 6.87. The second-order valence-electron chi connectivity index (χ2n) is 5.36. The summed E-state index contributed by atoms with van der Waals surface area (Å²) < 4.78 is 9.94. The molecule has 1 aromatic carbocycles. The highest BCUT2D eigenvalue weighted by Gasteiger charge is 2.24. The zero-order valence-electron chi connectivity index (χ0n) is 14.5. The number of para-hydroxylation sites is 1. The molecule has 0 saturated carbocycles. The van der Waals surface area contributed by atoms with Crippen LogP contribution in [0.3, 0.4) is 0 Å². The highest BCUT2D eigenvalue weighted by Crippen LogP contribution is 2.20. The molecule has 1 aromatic rings. The Labute approximate surface area is 141 Å². The Hall–Kier alpha value is -2.57. The fraction of sp³-hybridized carbons (Fsp3) is 0.471. The number of carbonyl (C=O) groups excluding carboxylic acids is 3. The first-order valence-corrected chi connectivity index (χ1v) is 7.65. The number of esters is 1. The predicted octanol–water partition coefficient (Wildman–Crippen LogP) is 1.08. The molecule has 0 bridgehead atoms. The van der Waals surface area contributed by atoms with E-state index in [1.165, 1.54) is 26.0 Å². The zero-order valence-corrected chi connectivity index (χ0v) is 14.5. The fourth-order valence-electron chi connectivity index (χ4n) is 2.24. The van der Waals surface area contributed by atoms with E-state index in [-0.39, 0.29) is 24.9 Å². The van der Waals surface area contributed by atoms with Crippen molar-refractivity contribution < 1.29 is 23.9 Å². The van der Waals surface area contributed by atoms with Crippen LogP contribution >= 0.6 is 0 Å². The number of benzene rings is 1. The van der Waals surface area contributed by atoms with Crippen LogP contribution in [0.2, 0.25) is 0 Å². The van der Waals surface area contributed by atoms with Gasteiger partial charge in [0.2, 0.25) is 5.91 Å². The lowest BCUT2D eigenvalue weighted by Gasteiger charge is -2.26. The van der Waals surface area contributed by atoms with Crippen molar-refractivity contribution in [2.45, 2.75) is 13.8 Å². The van der Waals surface area contributed by atoms with Crippen LogP contribution in [0.15, 0.2) is 24.3 Å². The van der Waals surface area contributed by atoms with Crippen molar-refractivity contribution in [3.8, 4) is 5.75 Å². The third-order valence-corrected chi connectivity index (χ3v) is 3.48. The van der Waals surface area contributed by atoms with E-state index in [0.717, 1.165) is 0 Å². The lowest BCUT2D eigenvalue weighted by Crippen LogP contribution is -2.42. The van der Waals surface area contributed by atoms with Gasteiger partial charge >= 0.3 is 5.97 Å². The van der Waals surface area contributed by atoms with Crippen LogP contribution < -0.4 is 10.1 Å². The summed E-state index contributed by atoms with van der Waals surface area (Å²) in [5.74, 6) is -0.870. The summed E-state index contributed by atoms with van der Waals surface area (Å²) in [6.45, 7) is 3.85. The van der Waals surface area contributed by atoms with Crippen molar-refractivity contribution in [2.24, 2.45) is 5.92 Å². The van der Waals surface area contributed by atoms with Crippen molar-refractivity contribution in [1.29, 1.82) is 0 Å². The van der Waals surface area contributed by atoms with E-state index < -0.39 is 11.9 Å². The molecule has 0 aliphatic carbocycles. The quantitative estimate of drug-likeness (QED) is 0.718. The number of nitrogens with zero attached hydrogens (tertiary/aromatic N) is 1. The van der Waals surface area contributed by atoms with Gasteiger partial charge in [0.1, 0.15) is 5.75 Å². The summed E-state index contributed by atoms with van der Waals surface area (Å²) in [6.07, 6.45) is 0. The second kappa shape index (κ2) is 9.54. The Kier molecular flexibility index (Phi) is 7.74. The van der Waals surface area contributed by atoms with Crippen LogP contribution in [-0.2, 0) is 14.3 Å². The van der Waals surface area contributed by atoms with Crippen LogP contribution in [0.25, 0.3) is 0 Å². The number of methoxy groups -OCH3 is 2. The highest BCUT2D eigenvalue weighted by atomic mass is 16.5. The van der Waals surface area contributed by atoms with Gasteiger partial charge in [-0.25, -0.2) is 0 Å². The van der Waals surface area contributed by atoms with E-state index in [1.54, 1.807) is 31.2 Å². The predicted molar refractivity (Wildman–Crippen MR) is 88.8 cm³/mol. The molecule has 0 aliphatic heterocycles. The number of amides is 2. The van der Waals surface area contributed by atoms with Crippen molar-refractivity contribution in [1.82, 2.24) is 10.2 Å². The third-order valence-electron chi connectivity index (χ3n) is 3.48. The maximum absolute atomic E-state index is 12.8. The molecule has 1 unspecified atom stereocenters. The van der Waals surface area contributed by atoms with E-state index >= 15 is 0 Å². The van der Waals surface area contributed by atoms with Crippen LogP contribution in [0, 0.1) is 5.92 Å². The molecule has 7 heteroatoms.